The topological polar surface area (TPSA) is 74.3 Å². The van der Waals surface area contributed by atoms with Crippen molar-refractivity contribution < 1.29 is 9.59 Å². The molecule has 28 heavy (non-hydrogen) atoms. The first-order valence-corrected chi connectivity index (χ1v) is 9.94. The van der Waals surface area contributed by atoms with Gasteiger partial charge in [-0.2, -0.15) is 0 Å². The van der Waals surface area contributed by atoms with Crippen LogP contribution in [0.25, 0.3) is 0 Å². The van der Waals surface area contributed by atoms with Gasteiger partial charge in [0.05, 0.1) is 12.2 Å². The summed E-state index contributed by atoms with van der Waals surface area (Å²) < 4.78 is 0. The van der Waals surface area contributed by atoms with E-state index in [4.69, 9.17) is 11.6 Å². The summed E-state index contributed by atoms with van der Waals surface area (Å²) in [6.07, 6.45) is 0.672. The highest BCUT2D eigenvalue weighted by molar-refractivity contribution is 7.15. The lowest BCUT2D eigenvalue weighted by Gasteiger charge is -2.26. The lowest BCUT2D eigenvalue weighted by atomic mass is 10.1. The normalized spacial score (nSPS) is 13.0. The third-order valence-electron chi connectivity index (χ3n) is 4.36. The van der Waals surface area contributed by atoms with Crippen molar-refractivity contribution in [2.24, 2.45) is 0 Å². The molecule has 142 valence electrons. The van der Waals surface area contributed by atoms with Crippen molar-refractivity contribution in [1.82, 2.24) is 9.88 Å². The van der Waals surface area contributed by atoms with Crippen molar-refractivity contribution in [3.63, 3.8) is 0 Å². The van der Waals surface area contributed by atoms with Gasteiger partial charge in [-0.25, -0.2) is 9.78 Å². The zero-order valence-electron chi connectivity index (χ0n) is 14.8. The molecule has 0 fully saturated rings. The number of carbonyl (C=O) groups excluding carboxylic acids is 2. The average molecular weight is 413 g/mol. The number of benzene rings is 2. The Hall–Kier alpha value is -2.90. The molecule has 0 aliphatic carbocycles. The van der Waals surface area contributed by atoms with E-state index in [1.807, 2.05) is 35.2 Å². The van der Waals surface area contributed by atoms with Gasteiger partial charge in [-0.1, -0.05) is 41.1 Å². The maximum atomic E-state index is 12.6. The molecule has 0 saturated heterocycles. The van der Waals surface area contributed by atoms with Crippen molar-refractivity contribution in [3.8, 4) is 0 Å². The number of halogens is 1. The first-order valence-electron chi connectivity index (χ1n) is 8.75. The average Bonchev–Trinajstić information content (AvgIpc) is 3.11. The molecule has 6 nitrogen and oxygen atoms in total. The molecule has 0 bridgehead atoms. The van der Waals surface area contributed by atoms with E-state index in [1.165, 1.54) is 11.3 Å². The summed E-state index contributed by atoms with van der Waals surface area (Å²) in [6, 6.07) is 15.7. The summed E-state index contributed by atoms with van der Waals surface area (Å²) in [4.78, 5) is 32.1. The van der Waals surface area contributed by atoms with E-state index in [2.05, 4.69) is 15.6 Å². The first kappa shape index (κ1) is 18.5. The number of nitrogens with zero attached hydrogens (tertiary/aromatic N) is 2. The number of amides is 3. The Balaban J connectivity index is 1.40. The van der Waals surface area contributed by atoms with Crippen molar-refractivity contribution in [3.05, 3.63) is 75.8 Å². The Bertz CT molecular complexity index is 1000. The van der Waals surface area contributed by atoms with Gasteiger partial charge < -0.3 is 10.2 Å². The van der Waals surface area contributed by atoms with Crippen LogP contribution in [-0.4, -0.2) is 28.4 Å². The van der Waals surface area contributed by atoms with Crippen LogP contribution >= 0.6 is 22.9 Å². The SMILES string of the molecule is O=C(Nc1ccc(Cl)cc1)Nc1nc2c(s1)CN(C(=O)c1ccccc1)CC2. The van der Waals surface area contributed by atoms with Gasteiger partial charge in [-0.3, -0.25) is 10.1 Å². The summed E-state index contributed by atoms with van der Waals surface area (Å²) in [7, 11) is 0. The number of urea groups is 1. The summed E-state index contributed by atoms with van der Waals surface area (Å²) in [5, 5.41) is 6.62. The summed E-state index contributed by atoms with van der Waals surface area (Å²) >= 11 is 7.24. The number of hydrogen-bond donors (Lipinski definition) is 2. The van der Waals surface area contributed by atoms with Crippen LogP contribution in [0, 0.1) is 0 Å². The van der Waals surface area contributed by atoms with Gasteiger partial charge in [0.25, 0.3) is 5.91 Å². The van der Waals surface area contributed by atoms with E-state index in [0.29, 0.717) is 40.9 Å². The van der Waals surface area contributed by atoms with Gasteiger partial charge in [0, 0.05) is 34.1 Å². The van der Waals surface area contributed by atoms with Crippen LogP contribution < -0.4 is 10.6 Å². The van der Waals surface area contributed by atoms with Crippen LogP contribution in [0.5, 0.6) is 0 Å². The summed E-state index contributed by atoms with van der Waals surface area (Å²) in [5.74, 6) is 0.00893. The number of anilines is 2. The fourth-order valence-electron chi connectivity index (χ4n) is 2.98. The van der Waals surface area contributed by atoms with E-state index in [1.54, 1.807) is 24.3 Å². The molecule has 0 spiro atoms. The number of fused-ring (bicyclic) bond motifs is 1. The highest BCUT2D eigenvalue weighted by atomic mass is 35.5. The quantitative estimate of drug-likeness (QED) is 0.658. The van der Waals surface area contributed by atoms with Gasteiger partial charge in [0.2, 0.25) is 0 Å². The minimum Gasteiger partial charge on any atom is -0.333 e. The van der Waals surface area contributed by atoms with Crippen LogP contribution in [0.3, 0.4) is 0 Å². The molecule has 0 saturated carbocycles. The fourth-order valence-corrected chi connectivity index (χ4v) is 4.12. The Morgan fingerprint density at radius 2 is 1.79 bits per heavy atom. The first-order chi connectivity index (χ1) is 13.6. The van der Waals surface area contributed by atoms with Gasteiger partial charge >= 0.3 is 6.03 Å². The third kappa shape index (κ3) is 4.16. The van der Waals surface area contributed by atoms with E-state index < -0.39 is 0 Å². The Labute approximate surface area is 171 Å². The highest BCUT2D eigenvalue weighted by Crippen LogP contribution is 2.29. The lowest BCUT2D eigenvalue weighted by Crippen LogP contribution is -2.35. The molecule has 2 N–H and O–H groups in total. The van der Waals surface area contributed by atoms with Crippen LogP contribution in [-0.2, 0) is 13.0 Å². The monoisotopic (exact) mass is 412 g/mol. The predicted molar refractivity (Wildman–Crippen MR) is 111 cm³/mol. The Morgan fingerprint density at radius 1 is 1.04 bits per heavy atom. The maximum absolute atomic E-state index is 12.6. The third-order valence-corrected chi connectivity index (χ3v) is 5.61. The van der Waals surface area contributed by atoms with E-state index in [0.717, 1.165) is 10.6 Å². The van der Waals surface area contributed by atoms with Crippen molar-refractivity contribution in [2.75, 3.05) is 17.2 Å². The summed E-state index contributed by atoms with van der Waals surface area (Å²) in [5.41, 5.74) is 2.25. The molecule has 2 heterocycles. The molecule has 8 heteroatoms. The number of hydrogen-bond acceptors (Lipinski definition) is 4. The second kappa shape index (κ2) is 8.00. The molecule has 3 amide bonds. The van der Waals surface area contributed by atoms with Crippen molar-refractivity contribution >= 4 is 45.7 Å². The summed E-state index contributed by atoms with van der Waals surface area (Å²) in [6.45, 7) is 1.11. The number of rotatable bonds is 3. The van der Waals surface area contributed by atoms with E-state index in [9.17, 15) is 9.59 Å². The number of nitrogens with one attached hydrogen (secondary N) is 2. The molecule has 1 aliphatic rings. The van der Waals surface area contributed by atoms with Crippen molar-refractivity contribution in [2.45, 2.75) is 13.0 Å². The van der Waals surface area contributed by atoms with Crippen molar-refractivity contribution in [1.29, 1.82) is 0 Å². The van der Waals surface area contributed by atoms with E-state index >= 15 is 0 Å². The molecule has 3 aromatic rings. The molecular formula is C20H17ClN4O2S. The molecular weight excluding hydrogens is 396 g/mol. The number of aromatic nitrogens is 1. The maximum Gasteiger partial charge on any atom is 0.325 e. The van der Waals surface area contributed by atoms with Crippen LogP contribution in [0.1, 0.15) is 20.9 Å². The van der Waals surface area contributed by atoms with Gasteiger partial charge in [0.1, 0.15) is 0 Å². The number of carbonyl (C=O) groups is 2. The number of thiazole rings is 1. The molecule has 1 aromatic heterocycles. The van der Waals surface area contributed by atoms with Gasteiger partial charge in [-0.05, 0) is 36.4 Å². The highest BCUT2D eigenvalue weighted by Gasteiger charge is 2.25. The minimum atomic E-state index is -0.370. The van der Waals surface area contributed by atoms with Crippen LogP contribution in [0.4, 0.5) is 15.6 Å². The molecule has 0 atom stereocenters. The van der Waals surface area contributed by atoms with Gasteiger partial charge in [-0.15, -0.1) is 0 Å². The zero-order valence-corrected chi connectivity index (χ0v) is 16.4. The molecule has 0 radical (unpaired) electrons. The van der Waals surface area contributed by atoms with Gasteiger partial charge in [0.15, 0.2) is 5.13 Å². The lowest BCUT2D eigenvalue weighted by molar-refractivity contribution is 0.0736. The van der Waals surface area contributed by atoms with E-state index in [-0.39, 0.29) is 11.9 Å². The standard InChI is InChI=1S/C20H17ClN4O2S/c21-14-6-8-15(9-7-14)22-19(27)24-20-23-16-10-11-25(12-17(16)28-20)18(26)13-4-2-1-3-5-13/h1-9H,10-12H2,(H2,22,23,24,27). The molecule has 1 aliphatic heterocycles. The second-order valence-electron chi connectivity index (χ2n) is 6.32. The minimum absolute atomic E-state index is 0.00893. The zero-order chi connectivity index (χ0) is 19.5. The molecule has 0 unspecified atom stereocenters. The molecule has 2 aromatic carbocycles. The van der Waals surface area contributed by atoms with Crippen LogP contribution in [0.2, 0.25) is 5.02 Å². The smallest absolute Gasteiger partial charge is 0.325 e. The fraction of sp³-hybridized carbons (Fsp3) is 0.150. The largest absolute Gasteiger partial charge is 0.333 e. The Kier molecular flexibility index (Phi) is 5.27. The predicted octanol–water partition coefficient (Wildman–Crippen LogP) is 4.64. The Morgan fingerprint density at radius 3 is 2.54 bits per heavy atom. The van der Waals surface area contributed by atoms with Crippen LogP contribution in [0.15, 0.2) is 54.6 Å². The second-order valence-corrected chi connectivity index (χ2v) is 7.84. The molecule has 4 rings (SSSR count).